The van der Waals surface area contributed by atoms with Gasteiger partial charge in [-0.15, -0.1) is 0 Å². The standard InChI is InChI=1S/C18H23N3O2/c1-14(20-18(22)10-9-15-6-4-13-23-15)16-7-2-3-8-17(16)21-12-5-11-19-21/h2-3,5,7-8,11-12,14-15H,4,6,9-10,13H2,1H3,(H,20,22)/t14?,15-/m0/s1. The number of hydrogen-bond donors (Lipinski definition) is 1. The Balaban J connectivity index is 1.61. The lowest BCUT2D eigenvalue weighted by molar-refractivity contribution is -0.122. The Morgan fingerprint density at radius 1 is 1.43 bits per heavy atom. The first-order valence-electron chi connectivity index (χ1n) is 8.24. The van der Waals surface area contributed by atoms with Crippen LogP contribution in [0.1, 0.15) is 44.2 Å². The molecule has 1 amide bonds. The van der Waals surface area contributed by atoms with Gasteiger partial charge in [0.25, 0.3) is 0 Å². The van der Waals surface area contributed by atoms with Gasteiger partial charge in [0.05, 0.1) is 17.8 Å². The molecule has 0 aliphatic carbocycles. The molecule has 1 N–H and O–H groups in total. The highest BCUT2D eigenvalue weighted by atomic mass is 16.5. The lowest BCUT2D eigenvalue weighted by Gasteiger charge is -2.18. The lowest BCUT2D eigenvalue weighted by atomic mass is 10.1. The molecule has 5 heteroatoms. The fourth-order valence-corrected chi connectivity index (χ4v) is 3.03. The molecule has 0 saturated carbocycles. The zero-order valence-corrected chi connectivity index (χ0v) is 13.4. The van der Waals surface area contributed by atoms with Crippen LogP contribution in [0.5, 0.6) is 0 Å². The van der Waals surface area contributed by atoms with E-state index in [2.05, 4.69) is 10.4 Å². The van der Waals surface area contributed by atoms with Crippen LogP contribution in [0.3, 0.4) is 0 Å². The molecule has 1 unspecified atom stereocenters. The molecule has 5 nitrogen and oxygen atoms in total. The molecule has 1 aromatic heterocycles. The van der Waals surface area contributed by atoms with Crippen LogP contribution in [0, 0.1) is 0 Å². The van der Waals surface area contributed by atoms with Crippen LogP contribution in [0.25, 0.3) is 5.69 Å². The summed E-state index contributed by atoms with van der Waals surface area (Å²) in [4.78, 5) is 12.2. The minimum absolute atomic E-state index is 0.0626. The molecule has 122 valence electrons. The van der Waals surface area contributed by atoms with E-state index in [1.165, 1.54) is 0 Å². The summed E-state index contributed by atoms with van der Waals surface area (Å²) in [5.74, 6) is 0.0725. The Morgan fingerprint density at radius 2 is 2.30 bits per heavy atom. The maximum atomic E-state index is 12.2. The van der Waals surface area contributed by atoms with E-state index < -0.39 is 0 Å². The maximum Gasteiger partial charge on any atom is 0.220 e. The third-order valence-corrected chi connectivity index (χ3v) is 4.25. The summed E-state index contributed by atoms with van der Waals surface area (Å²) < 4.78 is 7.39. The monoisotopic (exact) mass is 313 g/mol. The van der Waals surface area contributed by atoms with Gasteiger partial charge in [-0.3, -0.25) is 4.79 Å². The zero-order chi connectivity index (χ0) is 16.1. The molecular formula is C18H23N3O2. The van der Waals surface area contributed by atoms with Gasteiger partial charge in [0.15, 0.2) is 0 Å². The molecular weight excluding hydrogens is 290 g/mol. The Hall–Kier alpha value is -2.14. The summed E-state index contributed by atoms with van der Waals surface area (Å²) >= 11 is 0. The van der Waals surface area contributed by atoms with Crippen molar-refractivity contribution < 1.29 is 9.53 Å². The SMILES string of the molecule is CC(NC(=O)CC[C@@H]1CCCO1)c1ccccc1-n1cccn1. The second kappa shape index (κ2) is 7.42. The number of carbonyl (C=O) groups excluding carboxylic acids is 1. The summed E-state index contributed by atoms with van der Waals surface area (Å²) in [6.45, 7) is 2.84. The Labute approximate surface area is 136 Å². The molecule has 1 aromatic carbocycles. The van der Waals surface area contributed by atoms with Crippen molar-refractivity contribution in [3.05, 3.63) is 48.3 Å². The molecule has 1 fully saturated rings. The van der Waals surface area contributed by atoms with Gasteiger partial charge < -0.3 is 10.1 Å². The van der Waals surface area contributed by atoms with E-state index in [1.54, 1.807) is 6.20 Å². The number of ether oxygens (including phenoxy) is 1. The molecule has 2 heterocycles. The highest BCUT2D eigenvalue weighted by Crippen LogP contribution is 2.22. The number of rotatable bonds is 6. The first-order chi connectivity index (χ1) is 11.2. The van der Waals surface area contributed by atoms with Crippen molar-refractivity contribution in [2.75, 3.05) is 6.61 Å². The molecule has 0 bridgehead atoms. The lowest BCUT2D eigenvalue weighted by Crippen LogP contribution is -2.28. The van der Waals surface area contributed by atoms with E-state index in [4.69, 9.17) is 4.74 Å². The van der Waals surface area contributed by atoms with Crippen LogP contribution in [0.2, 0.25) is 0 Å². The second-order valence-electron chi connectivity index (χ2n) is 5.97. The number of nitrogens with one attached hydrogen (secondary N) is 1. The maximum absolute atomic E-state index is 12.2. The number of amides is 1. The minimum atomic E-state index is -0.0626. The molecule has 0 radical (unpaired) electrons. The Bertz CT molecular complexity index is 633. The molecule has 23 heavy (non-hydrogen) atoms. The molecule has 3 rings (SSSR count). The third kappa shape index (κ3) is 3.99. The van der Waals surface area contributed by atoms with Crippen molar-refractivity contribution >= 4 is 5.91 Å². The second-order valence-corrected chi connectivity index (χ2v) is 5.97. The molecule has 1 aliphatic heterocycles. The van der Waals surface area contributed by atoms with Gasteiger partial charge in [0, 0.05) is 25.4 Å². The highest BCUT2D eigenvalue weighted by Gasteiger charge is 2.18. The largest absolute Gasteiger partial charge is 0.378 e. The van der Waals surface area contributed by atoms with Crippen molar-refractivity contribution in [1.82, 2.24) is 15.1 Å². The fourth-order valence-electron chi connectivity index (χ4n) is 3.03. The van der Waals surface area contributed by atoms with Crippen LogP contribution in [0.4, 0.5) is 0 Å². The first-order valence-corrected chi connectivity index (χ1v) is 8.24. The summed E-state index contributed by atoms with van der Waals surface area (Å²) in [5.41, 5.74) is 2.05. The number of aromatic nitrogens is 2. The smallest absolute Gasteiger partial charge is 0.220 e. The Morgan fingerprint density at radius 3 is 3.04 bits per heavy atom. The van der Waals surface area contributed by atoms with Crippen molar-refractivity contribution in [3.8, 4) is 5.69 Å². The summed E-state index contributed by atoms with van der Waals surface area (Å²) in [6, 6.07) is 9.83. The van der Waals surface area contributed by atoms with Gasteiger partial charge in [0.2, 0.25) is 5.91 Å². The normalized spacial score (nSPS) is 18.7. The average Bonchev–Trinajstić information content (AvgIpc) is 3.26. The predicted molar refractivity (Wildman–Crippen MR) is 88.3 cm³/mol. The molecule has 1 saturated heterocycles. The highest BCUT2D eigenvalue weighted by molar-refractivity contribution is 5.76. The van der Waals surface area contributed by atoms with E-state index in [0.717, 1.165) is 37.1 Å². The topological polar surface area (TPSA) is 56.1 Å². The minimum Gasteiger partial charge on any atom is -0.378 e. The number of carbonyl (C=O) groups is 1. The zero-order valence-electron chi connectivity index (χ0n) is 13.4. The molecule has 2 aromatic rings. The van der Waals surface area contributed by atoms with Gasteiger partial charge in [-0.25, -0.2) is 4.68 Å². The number of nitrogens with zero attached hydrogens (tertiary/aromatic N) is 2. The predicted octanol–water partition coefficient (Wildman–Crippen LogP) is 3.01. The first kappa shape index (κ1) is 15.7. The van der Waals surface area contributed by atoms with Crippen LogP contribution in [0.15, 0.2) is 42.7 Å². The van der Waals surface area contributed by atoms with Crippen LogP contribution in [-0.4, -0.2) is 28.4 Å². The van der Waals surface area contributed by atoms with E-state index in [0.29, 0.717) is 6.42 Å². The van der Waals surface area contributed by atoms with E-state index >= 15 is 0 Å². The average molecular weight is 313 g/mol. The quantitative estimate of drug-likeness (QED) is 0.892. The van der Waals surface area contributed by atoms with Gasteiger partial charge in [-0.1, -0.05) is 18.2 Å². The van der Waals surface area contributed by atoms with Gasteiger partial charge >= 0.3 is 0 Å². The summed E-state index contributed by atoms with van der Waals surface area (Å²) in [5, 5.41) is 7.37. The van der Waals surface area contributed by atoms with E-state index in [1.807, 2.05) is 48.1 Å². The Kier molecular flexibility index (Phi) is 5.08. The van der Waals surface area contributed by atoms with Gasteiger partial charge in [0.1, 0.15) is 0 Å². The van der Waals surface area contributed by atoms with Crippen molar-refractivity contribution in [2.24, 2.45) is 0 Å². The van der Waals surface area contributed by atoms with E-state index in [-0.39, 0.29) is 18.1 Å². The number of hydrogen-bond acceptors (Lipinski definition) is 3. The van der Waals surface area contributed by atoms with Crippen LogP contribution >= 0.6 is 0 Å². The van der Waals surface area contributed by atoms with Crippen molar-refractivity contribution in [3.63, 3.8) is 0 Å². The number of benzene rings is 1. The van der Waals surface area contributed by atoms with Crippen LogP contribution in [-0.2, 0) is 9.53 Å². The number of para-hydroxylation sites is 1. The molecule has 0 spiro atoms. The van der Waals surface area contributed by atoms with E-state index in [9.17, 15) is 4.79 Å². The van der Waals surface area contributed by atoms with Crippen molar-refractivity contribution in [2.45, 2.75) is 44.8 Å². The van der Waals surface area contributed by atoms with Crippen LogP contribution < -0.4 is 5.32 Å². The summed E-state index contributed by atoms with van der Waals surface area (Å²) in [6.07, 6.45) is 7.42. The summed E-state index contributed by atoms with van der Waals surface area (Å²) in [7, 11) is 0. The fraction of sp³-hybridized carbons (Fsp3) is 0.444. The third-order valence-electron chi connectivity index (χ3n) is 4.25. The van der Waals surface area contributed by atoms with Gasteiger partial charge in [-0.2, -0.15) is 5.10 Å². The van der Waals surface area contributed by atoms with Crippen molar-refractivity contribution in [1.29, 1.82) is 0 Å². The van der Waals surface area contributed by atoms with Gasteiger partial charge in [-0.05, 0) is 43.9 Å². The molecule has 1 aliphatic rings. The molecule has 2 atom stereocenters.